The summed E-state index contributed by atoms with van der Waals surface area (Å²) in [5.74, 6) is 1.72. The van der Waals surface area contributed by atoms with E-state index >= 15 is 0 Å². The Balaban J connectivity index is 2.10. The minimum absolute atomic E-state index is 0.593. The molecule has 20 heavy (non-hydrogen) atoms. The summed E-state index contributed by atoms with van der Waals surface area (Å²) in [7, 11) is 0. The average molecular weight is 268 g/mol. The van der Waals surface area contributed by atoms with Crippen molar-refractivity contribution in [3.8, 4) is 5.75 Å². The lowest BCUT2D eigenvalue weighted by atomic mass is 10.2. The van der Waals surface area contributed by atoms with Gasteiger partial charge >= 0.3 is 0 Å². The Hall–Kier alpha value is -2.29. The van der Waals surface area contributed by atoms with Gasteiger partial charge in [-0.25, -0.2) is 4.98 Å². The van der Waals surface area contributed by atoms with E-state index in [1.165, 1.54) is 5.57 Å². The number of rotatable bonds is 5. The molecule has 0 radical (unpaired) electrons. The van der Waals surface area contributed by atoms with Crippen LogP contribution in [0.3, 0.4) is 0 Å². The number of aromatic nitrogens is 1. The maximum absolute atomic E-state index is 5.79. The largest absolute Gasteiger partial charge is 0.489 e. The first kappa shape index (κ1) is 14.1. The number of allylic oxidation sites excluding steroid dienone is 1. The minimum atomic E-state index is 0.593. The molecule has 2 aromatic rings. The molecule has 0 aliphatic heterocycles. The predicted octanol–water partition coefficient (Wildman–Crippen LogP) is 4.48. The Morgan fingerprint density at radius 1 is 1.25 bits per heavy atom. The summed E-state index contributed by atoms with van der Waals surface area (Å²) >= 11 is 0. The van der Waals surface area contributed by atoms with Crippen molar-refractivity contribution in [1.29, 1.82) is 0 Å². The third-order valence-electron chi connectivity index (χ3n) is 2.86. The van der Waals surface area contributed by atoms with Gasteiger partial charge in [0.15, 0.2) is 0 Å². The Kier molecular flexibility index (Phi) is 4.77. The molecule has 3 heteroatoms. The lowest BCUT2D eigenvalue weighted by molar-refractivity contribution is 0.359. The molecule has 0 fully saturated rings. The van der Waals surface area contributed by atoms with Gasteiger partial charge < -0.3 is 10.1 Å². The average Bonchev–Trinajstić information content (AvgIpc) is 2.43. The fraction of sp³-hybridized carbons (Fsp3) is 0.235. The summed E-state index contributed by atoms with van der Waals surface area (Å²) in [4.78, 5) is 4.25. The Morgan fingerprint density at radius 2 is 2.10 bits per heavy atom. The zero-order valence-corrected chi connectivity index (χ0v) is 12.2. The Labute approximate surface area is 120 Å². The van der Waals surface area contributed by atoms with Crippen LogP contribution in [0.1, 0.15) is 19.4 Å². The van der Waals surface area contributed by atoms with E-state index in [1.54, 1.807) is 6.20 Å². The first-order chi connectivity index (χ1) is 9.65. The van der Waals surface area contributed by atoms with Gasteiger partial charge in [-0.05, 0) is 50.6 Å². The SMILES string of the molecule is CC(C)=CCOc1cc(Nc2ccccn2)ccc1C. The second-order valence-electron chi connectivity index (χ2n) is 4.91. The molecule has 0 saturated heterocycles. The van der Waals surface area contributed by atoms with Crippen molar-refractivity contribution in [3.05, 3.63) is 59.8 Å². The van der Waals surface area contributed by atoms with Crippen LogP contribution in [0.4, 0.5) is 11.5 Å². The normalized spacial score (nSPS) is 9.95. The van der Waals surface area contributed by atoms with Gasteiger partial charge in [0.1, 0.15) is 18.2 Å². The van der Waals surface area contributed by atoms with E-state index in [4.69, 9.17) is 4.74 Å². The van der Waals surface area contributed by atoms with Crippen LogP contribution in [0.2, 0.25) is 0 Å². The zero-order chi connectivity index (χ0) is 14.4. The summed E-state index contributed by atoms with van der Waals surface area (Å²) < 4.78 is 5.79. The number of nitrogens with one attached hydrogen (secondary N) is 1. The molecule has 0 bridgehead atoms. The van der Waals surface area contributed by atoms with Crippen LogP contribution in [-0.4, -0.2) is 11.6 Å². The Morgan fingerprint density at radius 3 is 2.80 bits per heavy atom. The fourth-order valence-corrected chi connectivity index (χ4v) is 1.72. The van der Waals surface area contributed by atoms with Crippen LogP contribution < -0.4 is 10.1 Å². The molecular weight excluding hydrogens is 248 g/mol. The third-order valence-corrected chi connectivity index (χ3v) is 2.86. The van der Waals surface area contributed by atoms with E-state index in [-0.39, 0.29) is 0 Å². The fourth-order valence-electron chi connectivity index (χ4n) is 1.72. The second kappa shape index (κ2) is 6.75. The van der Waals surface area contributed by atoms with Gasteiger partial charge in [0.05, 0.1) is 0 Å². The van der Waals surface area contributed by atoms with Gasteiger partial charge in [-0.1, -0.05) is 17.7 Å². The molecule has 1 N–H and O–H groups in total. The molecule has 0 atom stereocenters. The molecule has 0 aliphatic rings. The van der Waals surface area contributed by atoms with E-state index in [9.17, 15) is 0 Å². The van der Waals surface area contributed by atoms with Crippen LogP contribution in [0, 0.1) is 6.92 Å². The van der Waals surface area contributed by atoms with E-state index in [1.807, 2.05) is 43.3 Å². The predicted molar refractivity (Wildman–Crippen MR) is 83.6 cm³/mol. The number of hydrogen-bond acceptors (Lipinski definition) is 3. The highest BCUT2D eigenvalue weighted by Crippen LogP contribution is 2.24. The Bertz CT molecular complexity index is 587. The molecule has 0 aliphatic carbocycles. The van der Waals surface area contributed by atoms with Gasteiger partial charge in [-0.15, -0.1) is 0 Å². The number of nitrogens with zero attached hydrogens (tertiary/aromatic N) is 1. The van der Waals surface area contributed by atoms with Gasteiger partial charge in [-0.2, -0.15) is 0 Å². The number of pyridine rings is 1. The van der Waals surface area contributed by atoms with Crippen LogP contribution in [-0.2, 0) is 0 Å². The summed E-state index contributed by atoms with van der Waals surface area (Å²) in [5, 5.41) is 3.26. The second-order valence-corrected chi connectivity index (χ2v) is 4.91. The molecule has 2 rings (SSSR count). The van der Waals surface area contributed by atoms with E-state index in [2.05, 4.69) is 30.2 Å². The molecule has 0 saturated carbocycles. The van der Waals surface area contributed by atoms with E-state index in [0.717, 1.165) is 22.8 Å². The molecule has 1 aromatic carbocycles. The minimum Gasteiger partial charge on any atom is -0.489 e. The standard InChI is InChI=1S/C17H20N2O/c1-13(2)9-11-20-16-12-15(8-7-14(16)3)19-17-6-4-5-10-18-17/h4-10,12H,11H2,1-3H3,(H,18,19). The van der Waals surface area contributed by atoms with Crippen LogP contribution in [0.25, 0.3) is 0 Å². The number of hydrogen-bond donors (Lipinski definition) is 1. The van der Waals surface area contributed by atoms with E-state index in [0.29, 0.717) is 6.61 Å². The highest BCUT2D eigenvalue weighted by molar-refractivity contribution is 5.59. The van der Waals surface area contributed by atoms with Crippen molar-refractivity contribution in [3.63, 3.8) is 0 Å². The topological polar surface area (TPSA) is 34.1 Å². The van der Waals surface area contributed by atoms with Crippen molar-refractivity contribution in [1.82, 2.24) is 4.98 Å². The van der Waals surface area contributed by atoms with Gasteiger partial charge in [0.25, 0.3) is 0 Å². The van der Waals surface area contributed by atoms with Crippen molar-refractivity contribution >= 4 is 11.5 Å². The molecule has 1 heterocycles. The summed E-state index contributed by atoms with van der Waals surface area (Å²) in [6.45, 7) is 6.77. The van der Waals surface area contributed by atoms with E-state index < -0.39 is 0 Å². The van der Waals surface area contributed by atoms with Gasteiger partial charge in [0, 0.05) is 18.0 Å². The quantitative estimate of drug-likeness (QED) is 0.812. The molecular formula is C17H20N2O. The molecule has 0 unspecified atom stereocenters. The van der Waals surface area contributed by atoms with Gasteiger partial charge in [-0.3, -0.25) is 0 Å². The maximum Gasteiger partial charge on any atom is 0.130 e. The highest BCUT2D eigenvalue weighted by atomic mass is 16.5. The van der Waals surface area contributed by atoms with Crippen molar-refractivity contribution in [2.24, 2.45) is 0 Å². The number of benzene rings is 1. The molecule has 1 aromatic heterocycles. The van der Waals surface area contributed by atoms with Gasteiger partial charge in [0.2, 0.25) is 0 Å². The molecule has 3 nitrogen and oxygen atoms in total. The first-order valence-electron chi connectivity index (χ1n) is 6.70. The smallest absolute Gasteiger partial charge is 0.130 e. The third kappa shape index (κ3) is 4.12. The van der Waals surface area contributed by atoms with Crippen LogP contribution >= 0.6 is 0 Å². The molecule has 0 spiro atoms. The van der Waals surface area contributed by atoms with Crippen LogP contribution in [0.15, 0.2) is 54.2 Å². The monoisotopic (exact) mass is 268 g/mol. The van der Waals surface area contributed by atoms with Crippen LogP contribution in [0.5, 0.6) is 5.75 Å². The van der Waals surface area contributed by atoms with Crippen molar-refractivity contribution in [2.75, 3.05) is 11.9 Å². The lowest BCUT2D eigenvalue weighted by Crippen LogP contribution is -1.98. The lowest BCUT2D eigenvalue weighted by Gasteiger charge is -2.11. The first-order valence-corrected chi connectivity index (χ1v) is 6.70. The van der Waals surface area contributed by atoms with Crippen molar-refractivity contribution < 1.29 is 4.74 Å². The highest BCUT2D eigenvalue weighted by Gasteiger charge is 2.02. The maximum atomic E-state index is 5.79. The number of anilines is 2. The van der Waals surface area contributed by atoms with Crippen molar-refractivity contribution in [2.45, 2.75) is 20.8 Å². The molecule has 0 amide bonds. The summed E-state index contributed by atoms with van der Waals surface area (Å²) in [6.07, 6.45) is 3.83. The number of aryl methyl sites for hydroxylation is 1. The number of ether oxygens (including phenoxy) is 1. The molecule has 104 valence electrons. The summed E-state index contributed by atoms with van der Waals surface area (Å²) in [6, 6.07) is 11.9. The zero-order valence-electron chi connectivity index (χ0n) is 12.2. The summed E-state index contributed by atoms with van der Waals surface area (Å²) in [5.41, 5.74) is 3.35.